The van der Waals surface area contributed by atoms with Crippen LogP contribution >= 0.6 is 7.26 Å². The average molecular weight is 835 g/mol. The minimum absolute atomic E-state index is 0. The van der Waals surface area contributed by atoms with Crippen molar-refractivity contribution in [2.75, 3.05) is 24.6 Å². The molecule has 2 heteroatoms. The minimum atomic E-state index is -0.753. The summed E-state index contributed by atoms with van der Waals surface area (Å²) in [5.74, 6) is 0. The fourth-order valence-electron chi connectivity index (χ4n) is 8.41. The molecule has 50 heavy (non-hydrogen) atoms. The molecule has 0 fully saturated rings. The highest BCUT2D eigenvalue weighted by Gasteiger charge is 2.34. The molecule has 0 unspecified atom stereocenters. The summed E-state index contributed by atoms with van der Waals surface area (Å²) in [6.45, 7) is 9.42. The maximum atomic E-state index is 2.39. The van der Waals surface area contributed by atoms with Gasteiger partial charge < -0.3 is 24.0 Å². The highest BCUT2D eigenvalue weighted by atomic mass is 127. The van der Waals surface area contributed by atoms with Crippen LogP contribution in [-0.4, -0.2) is 24.6 Å². The first-order chi connectivity index (χ1) is 24.2. The minimum Gasteiger partial charge on any atom is -1.00 e. The summed E-state index contributed by atoms with van der Waals surface area (Å²) in [4.78, 5) is 0. The number of hydrogen-bond acceptors (Lipinski definition) is 0. The van der Waals surface area contributed by atoms with E-state index in [2.05, 4.69) is 27.7 Å². The Balaban J connectivity index is 0. The third-order valence-corrected chi connectivity index (χ3v) is 17.0. The van der Waals surface area contributed by atoms with Crippen LogP contribution in [-0.2, 0) is 0 Å². The Morgan fingerprint density at radius 1 is 0.180 bits per heavy atom. The van der Waals surface area contributed by atoms with Crippen LogP contribution in [0.1, 0.15) is 285 Å². The van der Waals surface area contributed by atoms with Gasteiger partial charge in [-0.15, -0.1) is 0 Å². The Labute approximate surface area is 338 Å². The summed E-state index contributed by atoms with van der Waals surface area (Å²) >= 11 is 0. The van der Waals surface area contributed by atoms with Crippen molar-refractivity contribution in [3.05, 3.63) is 0 Å². The van der Waals surface area contributed by atoms with E-state index in [4.69, 9.17) is 0 Å². The molecule has 0 amide bonds. The summed E-state index contributed by atoms with van der Waals surface area (Å²) < 4.78 is 0. The molecule has 0 atom stereocenters. The van der Waals surface area contributed by atoms with Gasteiger partial charge in [0.25, 0.3) is 0 Å². The van der Waals surface area contributed by atoms with Gasteiger partial charge in [0, 0.05) is 7.26 Å². The van der Waals surface area contributed by atoms with Gasteiger partial charge in [0.2, 0.25) is 0 Å². The predicted molar refractivity (Wildman–Crippen MR) is 234 cm³/mol. The van der Waals surface area contributed by atoms with Gasteiger partial charge in [-0.25, -0.2) is 0 Å². The van der Waals surface area contributed by atoms with Crippen LogP contribution in [0.4, 0.5) is 0 Å². The molecule has 0 heterocycles. The van der Waals surface area contributed by atoms with Crippen LogP contribution < -0.4 is 24.0 Å². The molecule has 0 rings (SSSR count). The molecule has 0 radical (unpaired) electrons. The molecule has 0 nitrogen and oxygen atoms in total. The molecule has 0 bridgehead atoms. The van der Waals surface area contributed by atoms with Crippen molar-refractivity contribution in [3.8, 4) is 0 Å². The van der Waals surface area contributed by atoms with Crippen LogP contribution in [0, 0.1) is 0 Å². The zero-order valence-corrected chi connectivity index (χ0v) is 39.0. The number of hydrogen-bond donors (Lipinski definition) is 0. The topological polar surface area (TPSA) is 0 Å². The van der Waals surface area contributed by atoms with E-state index < -0.39 is 7.26 Å². The van der Waals surface area contributed by atoms with Crippen LogP contribution in [0.5, 0.6) is 0 Å². The van der Waals surface area contributed by atoms with Crippen LogP contribution in [0.2, 0.25) is 0 Å². The second kappa shape index (κ2) is 46.3. The Morgan fingerprint density at radius 3 is 0.460 bits per heavy atom. The lowest BCUT2D eigenvalue weighted by Gasteiger charge is -2.28. The summed E-state index contributed by atoms with van der Waals surface area (Å²) in [6, 6.07) is 0. The Kier molecular flexibility index (Phi) is 49.3. The molecule has 0 saturated heterocycles. The van der Waals surface area contributed by atoms with Gasteiger partial charge >= 0.3 is 0 Å². The van der Waals surface area contributed by atoms with E-state index in [1.165, 1.54) is 231 Å². The Hall–Kier alpha value is 1.16. The second-order valence-corrected chi connectivity index (χ2v) is 21.4. The van der Waals surface area contributed by atoms with Gasteiger partial charge in [-0.3, -0.25) is 0 Å². The average Bonchev–Trinajstić information content (AvgIpc) is 3.11. The van der Waals surface area contributed by atoms with E-state index in [1.54, 1.807) is 50.3 Å². The second-order valence-electron chi connectivity index (χ2n) is 17.0. The predicted octanol–water partition coefficient (Wildman–Crippen LogP) is 15.7. The molecule has 0 aliphatic carbocycles. The molecule has 0 aromatic rings. The Bertz CT molecular complexity index is 527. The molecular weight excluding hydrogens is 734 g/mol. The highest BCUT2D eigenvalue weighted by molar-refractivity contribution is 7.75. The van der Waals surface area contributed by atoms with Crippen molar-refractivity contribution in [1.82, 2.24) is 0 Å². The fourth-order valence-corrected chi connectivity index (χ4v) is 13.3. The number of rotatable bonds is 44. The third kappa shape index (κ3) is 40.3. The molecule has 0 aromatic carbocycles. The molecule has 0 aliphatic heterocycles. The van der Waals surface area contributed by atoms with E-state index >= 15 is 0 Å². The Morgan fingerprint density at radius 2 is 0.300 bits per heavy atom. The van der Waals surface area contributed by atoms with Gasteiger partial charge in [-0.2, -0.15) is 0 Å². The van der Waals surface area contributed by atoms with E-state index in [-0.39, 0.29) is 24.0 Å². The van der Waals surface area contributed by atoms with E-state index in [1.807, 2.05) is 0 Å². The third-order valence-electron chi connectivity index (χ3n) is 11.9. The van der Waals surface area contributed by atoms with E-state index in [9.17, 15) is 0 Å². The molecule has 0 spiro atoms. The van der Waals surface area contributed by atoms with Crippen molar-refractivity contribution < 1.29 is 24.0 Å². The normalized spacial score (nSPS) is 11.8. The molecule has 0 N–H and O–H groups in total. The van der Waals surface area contributed by atoms with Crippen molar-refractivity contribution in [1.29, 1.82) is 0 Å². The maximum absolute atomic E-state index is 2.39. The zero-order valence-electron chi connectivity index (χ0n) is 35.9. The van der Waals surface area contributed by atoms with Crippen molar-refractivity contribution in [2.45, 2.75) is 285 Å². The standard InChI is InChI=1S/C48H100P.HI/c1-5-9-13-17-19-21-23-25-27-29-31-33-35-37-39-43-47-49(45-41-15-11-7-3,46-42-16-12-8-4)48-44-40-38-36-34-32-30-28-26-24-22-20-18-14-10-6-2;/h5-48H2,1-4H3;1H/q+1;/p-1. The largest absolute Gasteiger partial charge is 1.00 e. The first-order valence-electron chi connectivity index (χ1n) is 24.1. The van der Waals surface area contributed by atoms with Gasteiger partial charge in [0.05, 0.1) is 24.6 Å². The first-order valence-corrected chi connectivity index (χ1v) is 26.6. The van der Waals surface area contributed by atoms with Crippen molar-refractivity contribution in [3.63, 3.8) is 0 Å². The van der Waals surface area contributed by atoms with Crippen LogP contribution in [0.3, 0.4) is 0 Å². The fraction of sp³-hybridized carbons (Fsp3) is 1.00. The monoisotopic (exact) mass is 835 g/mol. The quantitative estimate of drug-likeness (QED) is 0.0326. The van der Waals surface area contributed by atoms with Gasteiger partial charge in [0.15, 0.2) is 0 Å². The van der Waals surface area contributed by atoms with E-state index in [0.29, 0.717) is 0 Å². The number of halogens is 1. The van der Waals surface area contributed by atoms with Crippen LogP contribution in [0.25, 0.3) is 0 Å². The zero-order chi connectivity index (χ0) is 35.6. The lowest BCUT2D eigenvalue weighted by atomic mass is 10.0. The van der Waals surface area contributed by atoms with Crippen LogP contribution in [0.15, 0.2) is 0 Å². The smallest absolute Gasteiger partial charge is 0.0594 e. The molecule has 304 valence electrons. The van der Waals surface area contributed by atoms with Gasteiger partial charge in [-0.1, -0.05) is 233 Å². The maximum Gasteiger partial charge on any atom is 0.0594 e. The lowest BCUT2D eigenvalue weighted by Crippen LogP contribution is -3.00. The van der Waals surface area contributed by atoms with Crippen molar-refractivity contribution in [2.24, 2.45) is 0 Å². The number of unbranched alkanes of at least 4 members (excludes halogenated alkanes) is 36. The lowest BCUT2D eigenvalue weighted by molar-refractivity contribution is -0.0000110. The molecular formula is C48H100IP. The summed E-state index contributed by atoms with van der Waals surface area (Å²) in [6.07, 6.45) is 66.1. The van der Waals surface area contributed by atoms with Crippen molar-refractivity contribution >= 4 is 7.26 Å². The first kappa shape index (κ1) is 53.3. The summed E-state index contributed by atoms with van der Waals surface area (Å²) in [5.41, 5.74) is 0. The molecule has 0 saturated carbocycles. The van der Waals surface area contributed by atoms with Gasteiger partial charge in [-0.05, 0) is 51.4 Å². The molecule has 0 aromatic heterocycles. The van der Waals surface area contributed by atoms with Gasteiger partial charge in [0.1, 0.15) is 0 Å². The summed E-state index contributed by atoms with van der Waals surface area (Å²) in [5, 5.41) is 0. The SMILES string of the molecule is CCCCCCCCCCCCCCCCCC[P+](CCCCCC)(CCCCCC)CCCCCCCCCCCCCCCCCC.[I-]. The summed E-state index contributed by atoms with van der Waals surface area (Å²) in [7, 11) is -0.753. The highest BCUT2D eigenvalue weighted by Crippen LogP contribution is 2.61. The molecule has 0 aliphatic rings. The van der Waals surface area contributed by atoms with E-state index in [0.717, 1.165) is 0 Å².